The van der Waals surface area contributed by atoms with Crippen LogP contribution in [0.2, 0.25) is 0 Å². The summed E-state index contributed by atoms with van der Waals surface area (Å²) < 4.78 is 5.04. The summed E-state index contributed by atoms with van der Waals surface area (Å²) in [4.78, 5) is 35.6. The topological polar surface area (TPSA) is 137 Å². The number of amides is 1. The Labute approximate surface area is 152 Å². The summed E-state index contributed by atoms with van der Waals surface area (Å²) in [6.45, 7) is 1.58. The summed E-state index contributed by atoms with van der Waals surface area (Å²) in [6.07, 6.45) is 1.74. The van der Waals surface area contributed by atoms with Crippen LogP contribution in [0.5, 0.6) is 11.5 Å². The molecule has 0 saturated heterocycles. The standard InChI is InChI=1S/C17H19NO7S/c1-8-9-3-4-12(19)14(21)15(9)25-17(24)10(8)7-13(20)18-11(16(22)23)5-6-26-2/h3-4,11,19,21H,5-7H2,1-2H3,(H,18,20)(H,22,23). The number of rotatable bonds is 7. The maximum absolute atomic E-state index is 12.2. The fourth-order valence-corrected chi connectivity index (χ4v) is 3.00. The van der Waals surface area contributed by atoms with E-state index >= 15 is 0 Å². The zero-order chi connectivity index (χ0) is 19.4. The molecule has 1 aromatic carbocycles. The van der Waals surface area contributed by atoms with Crippen molar-refractivity contribution in [2.24, 2.45) is 0 Å². The molecular weight excluding hydrogens is 362 g/mol. The Morgan fingerprint density at radius 3 is 2.62 bits per heavy atom. The predicted octanol–water partition coefficient (Wildman–Crippen LogP) is 1.38. The van der Waals surface area contributed by atoms with E-state index in [2.05, 4.69) is 5.32 Å². The van der Waals surface area contributed by atoms with Gasteiger partial charge >= 0.3 is 11.6 Å². The molecule has 2 aromatic rings. The summed E-state index contributed by atoms with van der Waals surface area (Å²) in [5.41, 5.74) is -0.520. The number of aromatic hydroxyl groups is 2. The van der Waals surface area contributed by atoms with E-state index in [9.17, 15) is 24.6 Å². The second-order valence-electron chi connectivity index (χ2n) is 5.72. The first-order chi connectivity index (χ1) is 12.3. The van der Waals surface area contributed by atoms with Gasteiger partial charge in [0.2, 0.25) is 11.7 Å². The highest BCUT2D eigenvalue weighted by Gasteiger charge is 2.22. The number of thioether (sulfide) groups is 1. The number of hydrogen-bond donors (Lipinski definition) is 4. The number of carbonyl (C=O) groups is 2. The molecule has 0 aliphatic rings. The highest BCUT2D eigenvalue weighted by atomic mass is 32.2. The normalized spacial score (nSPS) is 12.1. The first kappa shape index (κ1) is 19.6. The molecule has 140 valence electrons. The number of carbonyl (C=O) groups excluding carboxylic acids is 1. The van der Waals surface area contributed by atoms with Crippen LogP contribution in [0.15, 0.2) is 21.3 Å². The van der Waals surface area contributed by atoms with Gasteiger partial charge in [-0.15, -0.1) is 0 Å². The van der Waals surface area contributed by atoms with Gasteiger partial charge in [-0.3, -0.25) is 4.79 Å². The molecule has 1 heterocycles. The average molecular weight is 381 g/mol. The minimum absolute atomic E-state index is 0.0640. The van der Waals surface area contributed by atoms with Gasteiger partial charge in [-0.25, -0.2) is 9.59 Å². The maximum atomic E-state index is 12.2. The Kier molecular flexibility index (Phi) is 6.14. The van der Waals surface area contributed by atoms with Gasteiger partial charge in [0.05, 0.1) is 12.0 Å². The molecule has 0 aliphatic heterocycles. The molecule has 2 rings (SSSR count). The van der Waals surface area contributed by atoms with Crippen LogP contribution in [0.25, 0.3) is 11.0 Å². The zero-order valence-corrected chi connectivity index (χ0v) is 15.1. The van der Waals surface area contributed by atoms with E-state index in [4.69, 9.17) is 9.52 Å². The van der Waals surface area contributed by atoms with E-state index in [0.717, 1.165) is 0 Å². The molecule has 0 aliphatic carbocycles. The Morgan fingerprint density at radius 2 is 2.00 bits per heavy atom. The third-order valence-electron chi connectivity index (χ3n) is 3.99. The second-order valence-corrected chi connectivity index (χ2v) is 6.71. The molecule has 0 saturated carbocycles. The lowest BCUT2D eigenvalue weighted by atomic mass is 10.0. The summed E-state index contributed by atoms with van der Waals surface area (Å²) >= 11 is 1.46. The summed E-state index contributed by atoms with van der Waals surface area (Å²) in [7, 11) is 0. The zero-order valence-electron chi connectivity index (χ0n) is 14.2. The van der Waals surface area contributed by atoms with Gasteiger partial charge < -0.3 is 25.1 Å². The number of phenols is 2. The molecule has 1 aromatic heterocycles. The molecule has 0 radical (unpaired) electrons. The largest absolute Gasteiger partial charge is 0.504 e. The molecule has 8 nitrogen and oxygen atoms in total. The van der Waals surface area contributed by atoms with Crippen molar-refractivity contribution in [1.29, 1.82) is 0 Å². The lowest BCUT2D eigenvalue weighted by Crippen LogP contribution is -2.42. The predicted molar refractivity (Wildman–Crippen MR) is 96.8 cm³/mol. The van der Waals surface area contributed by atoms with Crippen molar-refractivity contribution >= 4 is 34.6 Å². The molecule has 1 unspecified atom stereocenters. The summed E-state index contributed by atoms with van der Waals surface area (Å²) in [6, 6.07) is 1.67. The van der Waals surface area contributed by atoms with Crippen molar-refractivity contribution in [3.05, 3.63) is 33.7 Å². The van der Waals surface area contributed by atoms with Crippen LogP contribution in [0.4, 0.5) is 0 Å². The maximum Gasteiger partial charge on any atom is 0.340 e. The first-order valence-corrected chi connectivity index (χ1v) is 9.14. The van der Waals surface area contributed by atoms with Gasteiger partial charge in [0.1, 0.15) is 6.04 Å². The molecule has 1 amide bonds. The van der Waals surface area contributed by atoms with Crippen LogP contribution in [0.1, 0.15) is 17.5 Å². The lowest BCUT2D eigenvalue weighted by Gasteiger charge is -2.14. The Morgan fingerprint density at radius 1 is 1.31 bits per heavy atom. The van der Waals surface area contributed by atoms with Crippen molar-refractivity contribution in [2.45, 2.75) is 25.8 Å². The van der Waals surface area contributed by atoms with Gasteiger partial charge in [0.25, 0.3) is 0 Å². The summed E-state index contributed by atoms with van der Waals surface area (Å²) in [5, 5.41) is 31.3. The highest BCUT2D eigenvalue weighted by molar-refractivity contribution is 7.98. The SMILES string of the molecule is CSCCC(NC(=O)Cc1c(C)c2ccc(O)c(O)c2oc1=O)C(=O)O. The number of aliphatic carboxylic acids is 1. The van der Waals surface area contributed by atoms with Crippen LogP contribution >= 0.6 is 11.8 Å². The number of phenolic OH excluding ortho intramolecular Hbond substituents is 2. The van der Waals surface area contributed by atoms with E-state index in [-0.39, 0.29) is 24.0 Å². The summed E-state index contributed by atoms with van der Waals surface area (Å²) in [5.74, 6) is -2.17. The smallest absolute Gasteiger partial charge is 0.340 e. The van der Waals surface area contributed by atoms with Gasteiger partial charge in [-0.1, -0.05) is 0 Å². The molecule has 0 spiro atoms. The van der Waals surface area contributed by atoms with E-state index in [0.29, 0.717) is 16.7 Å². The van der Waals surface area contributed by atoms with Gasteiger partial charge in [-0.05, 0) is 43.0 Å². The Hall–Kier alpha value is -2.68. The third-order valence-corrected chi connectivity index (χ3v) is 4.63. The fraction of sp³-hybridized carbons (Fsp3) is 0.353. The van der Waals surface area contributed by atoms with Crippen LogP contribution in [-0.2, 0) is 16.0 Å². The quantitative estimate of drug-likeness (QED) is 0.417. The Balaban J connectivity index is 2.30. The number of benzene rings is 1. The van der Waals surface area contributed by atoms with Gasteiger partial charge in [0.15, 0.2) is 11.3 Å². The van der Waals surface area contributed by atoms with Crippen LogP contribution in [0, 0.1) is 6.92 Å². The lowest BCUT2D eigenvalue weighted by molar-refractivity contribution is -0.141. The number of fused-ring (bicyclic) bond motifs is 1. The van der Waals surface area contributed by atoms with Crippen molar-refractivity contribution in [3.63, 3.8) is 0 Å². The van der Waals surface area contributed by atoms with Crippen molar-refractivity contribution < 1.29 is 29.3 Å². The van der Waals surface area contributed by atoms with E-state index in [1.54, 1.807) is 6.92 Å². The van der Waals surface area contributed by atoms with Crippen LogP contribution < -0.4 is 10.9 Å². The monoisotopic (exact) mass is 381 g/mol. The van der Waals surface area contributed by atoms with Gasteiger partial charge in [0, 0.05) is 5.39 Å². The average Bonchev–Trinajstić information content (AvgIpc) is 2.58. The molecule has 1 atom stereocenters. The van der Waals surface area contributed by atoms with Crippen molar-refractivity contribution in [3.8, 4) is 11.5 Å². The first-order valence-electron chi connectivity index (χ1n) is 7.74. The van der Waals surface area contributed by atoms with Crippen LogP contribution in [-0.4, -0.2) is 45.2 Å². The Bertz CT molecular complexity index is 906. The molecule has 4 N–H and O–H groups in total. The van der Waals surface area contributed by atoms with E-state index < -0.39 is 35.0 Å². The highest BCUT2D eigenvalue weighted by Crippen LogP contribution is 2.34. The van der Waals surface area contributed by atoms with Crippen molar-refractivity contribution in [2.75, 3.05) is 12.0 Å². The second kappa shape index (κ2) is 8.13. The number of carboxylic acids is 1. The van der Waals surface area contributed by atoms with Crippen molar-refractivity contribution in [1.82, 2.24) is 5.32 Å². The fourth-order valence-electron chi connectivity index (χ4n) is 2.53. The number of hydrogen-bond acceptors (Lipinski definition) is 7. The number of nitrogens with one attached hydrogen (secondary N) is 1. The molecule has 0 bridgehead atoms. The minimum Gasteiger partial charge on any atom is -0.504 e. The minimum atomic E-state index is -1.14. The van der Waals surface area contributed by atoms with Crippen LogP contribution in [0.3, 0.4) is 0 Å². The molecular formula is C17H19NO7S. The number of carboxylic acid groups (broad SMARTS) is 1. The van der Waals surface area contributed by atoms with Gasteiger partial charge in [-0.2, -0.15) is 11.8 Å². The molecule has 26 heavy (non-hydrogen) atoms. The molecule has 9 heteroatoms. The third kappa shape index (κ3) is 4.10. The number of aryl methyl sites for hydroxylation is 1. The van der Waals surface area contributed by atoms with E-state index in [1.165, 1.54) is 23.9 Å². The van der Waals surface area contributed by atoms with E-state index in [1.807, 2.05) is 6.26 Å². The molecule has 0 fully saturated rings.